The van der Waals surface area contributed by atoms with E-state index in [1.165, 1.54) is 12.1 Å². The molecular weight excluding hydrogens is 247 g/mol. The lowest BCUT2D eigenvalue weighted by Gasteiger charge is -2.40. The standard InChI is InChI=1S/C14H17FN2O2/c15-11-1-3-12(4-2-11)16-14(13(18)19)6-8-17-7-5-10(14)9-17/h1-4,10,16H,5-9H2,(H,18,19). The highest BCUT2D eigenvalue weighted by Gasteiger charge is 2.51. The average molecular weight is 264 g/mol. The van der Waals surface area contributed by atoms with Gasteiger partial charge in [0, 0.05) is 24.7 Å². The lowest BCUT2D eigenvalue weighted by atomic mass is 9.78. The summed E-state index contributed by atoms with van der Waals surface area (Å²) in [6.07, 6.45) is 1.49. The van der Waals surface area contributed by atoms with Crippen LogP contribution in [0.4, 0.5) is 10.1 Å². The molecule has 0 radical (unpaired) electrons. The summed E-state index contributed by atoms with van der Waals surface area (Å²) in [6.45, 7) is 2.61. The van der Waals surface area contributed by atoms with E-state index < -0.39 is 11.5 Å². The van der Waals surface area contributed by atoms with E-state index in [0.29, 0.717) is 12.1 Å². The van der Waals surface area contributed by atoms with Crippen LogP contribution >= 0.6 is 0 Å². The third kappa shape index (κ3) is 2.08. The van der Waals surface area contributed by atoms with Gasteiger partial charge in [-0.25, -0.2) is 9.18 Å². The van der Waals surface area contributed by atoms with Gasteiger partial charge in [-0.05, 0) is 43.7 Å². The number of fused-ring (bicyclic) bond motifs is 2. The molecule has 19 heavy (non-hydrogen) atoms. The molecular formula is C14H17FN2O2. The first-order chi connectivity index (χ1) is 9.10. The molecule has 2 N–H and O–H groups in total. The fourth-order valence-corrected chi connectivity index (χ4v) is 3.27. The number of aliphatic carboxylic acids is 1. The fraction of sp³-hybridized carbons (Fsp3) is 0.500. The Morgan fingerprint density at radius 3 is 2.79 bits per heavy atom. The smallest absolute Gasteiger partial charge is 0.329 e. The molecule has 0 aliphatic carbocycles. The zero-order chi connectivity index (χ0) is 13.5. The Bertz CT molecular complexity index is 491. The summed E-state index contributed by atoms with van der Waals surface area (Å²) in [4.78, 5) is 14.1. The second-order valence-corrected chi connectivity index (χ2v) is 5.44. The normalized spacial score (nSPS) is 33.1. The number of carbonyl (C=O) groups is 1. The van der Waals surface area contributed by atoms with E-state index in [1.54, 1.807) is 12.1 Å². The maximum atomic E-state index is 12.9. The van der Waals surface area contributed by atoms with Crippen LogP contribution < -0.4 is 5.32 Å². The van der Waals surface area contributed by atoms with Gasteiger partial charge in [-0.2, -0.15) is 0 Å². The van der Waals surface area contributed by atoms with E-state index in [-0.39, 0.29) is 11.7 Å². The van der Waals surface area contributed by atoms with Crippen molar-refractivity contribution < 1.29 is 14.3 Å². The van der Waals surface area contributed by atoms with E-state index in [2.05, 4.69) is 10.2 Å². The number of nitrogens with zero attached hydrogens (tertiary/aromatic N) is 1. The molecule has 4 nitrogen and oxygen atoms in total. The van der Waals surface area contributed by atoms with Gasteiger partial charge >= 0.3 is 5.97 Å². The summed E-state index contributed by atoms with van der Waals surface area (Å²) in [7, 11) is 0. The molecule has 0 saturated carbocycles. The largest absolute Gasteiger partial charge is 0.479 e. The van der Waals surface area contributed by atoms with Crippen LogP contribution in [0.15, 0.2) is 24.3 Å². The number of nitrogens with one attached hydrogen (secondary N) is 1. The first kappa shape index (κ1) is 12.4. The molecule has 2 aliphatic heterocycles. The molecule has 3 unspecified atom stereocenters. The first-order valence-corrected chi connectivity index (χ1v) is 6.60. The minimum Gasteiger partial charge on any atom is -0.479 e. The van der Waals surface area contributed by atoms with Gasteiger partial charge in [0.1, 0.15) is 11.4 Å². The molecule has 2 heterocycles. The Morgan fingerprint density at radius 2 is 2.11 bits per heavy atom. The van der Waals surface area contributed by atoms with Gasteiger partial charge in [0.25, 0.3) is 0 Å². The second kappa shape index (κ2) is 4.49. The van der Waals surface area contributed by atoms with Gasteiger partial charge in [-0.1, -0.05) is 0 Å². The summed E-state index contributed by atoms with van der Waals surface area (Å²) in [5, 5.41) is 12.8. The number of halogens is 1. The summed E-state index contributed by atoms with van der Waals surface area (Å²) in [5.41, 5.74) is -0.241. The van der Waals surface area contributed by atoms with Crippen LogP contribution in [-0.2, 0) is 4.79 Å². The predicted molar refractivity (Wildman–Crippen MR) is 69.6 cm³/mol. The highest BCUT2D eigenvalue weighted by Crippen LogP contribution is 2.38. The molecule has 102 valence electrons. The number of carboxylic acid groups (broad SMARTS) is 1. The summed E-state index contributed by atoms with van der Waals surface area (Å²) in [6, 6.07) is 5.89. The Hall–Kier alpha value is -1.62. The monoisotopic (exact) mass is 264 g/mol. The van der Waals surface area contributed by atoms with Crippen molar-refractivity contribution in [1.29, 1.82) is 0 Å². The molecule has 3 atom stereocenters. The Balaban J connectivity index is 1.88. The van der Waals surface area contributed by atoms with Crippen molar-refractivity contribution in [3.63, 3.8) is 0 Å². The second-order valence-electron chi connectivity index (χ2n) is 5.44. The number of anilines is 1. The van der Waals surface area contributed by atoms with E-state index >= 15 is 0 Å². The molecule has 2 fully saturated rings. The predicted octanol–water partition coefficient (Wildman–Crippen LogP) is 1.79. The molecule has 3 rings (SSSR count). The molecule has 2 bridgehead atoms. The van der Waals surface area contributed by atoms with Gasteiger partial charge in [-0.15, -0.1) is 0 Å². The molecule has 2 aliphatic rings. The molecule has 0 spiro atoms. The Kier molecular flexibility index (Phi) is 2.93. The number of carboxylic acids is 1. The van der Waals surface area contributed by atoms with Crippen molar-refractivity contribution in [2.45, 2.75) is 18.4 Å². The number of hydrogen-bond acceptors (Lipinski definition) is 3. The average Bonchev–Trinajstić information content (AvgIpc) is 2.80. The fourth-order valence-electron chi connectivity index (χ4n) is 3.27. The minimum absolute atomic E-state index is 0.115. The molecule has 1 aromatic rings. The van der Waals surface area contributed by atoms with Crippen molar-refractivity contribution >= 4 is 11.7 Å². The van der Waals surface area contributed by atoms with Crippen LogP contribution in [0.3, 0.4) is 0 Å². The van der Waals surface area contributed by atoms with Crippen molar-refractivity contribution in [3.05, 3.63) is 30.1 Å². The van der Waals surface area contributed by atoms with Crippen molar-refractivity contribution in [2.24, 2.45) is 5.92 Å². The SMILES string of the molecule is O=C(O)C1(Nc2ccc(F)cc2)CCN2CCC1C2. The number of piperidine rings is 1. The van der Waals surface area contributed by atoms with Gasteiger partial charge in [0.05, 0.1) is 0 Å². The molecule has 2 saturated heterocycles. The third-order valence-corrected chi connectivity index (χ3v) is 4.38. The van der Waals surface area contributed by atoms with Crippen LogP contribution in [-0.4, -0.2) is 41.1 Å². The zero-order valence-electron chi connectivity index (χ0n) is 10.6. The Morgan fingerprint density at radius 1 is 1.37 bits per heavy atom. The van der Waals surface area contributed by atoms with Crippen LogP contribution in [0, 0.1) is 11.7 Å². The van der Waals surface area contributed by atoms with E-state index in [9.17, 15) is 14.3 Å². The maximum Gasteiger partial charge on any atom is 0.329 e. The summed E-state index contributed by atoms with van der Waals surface area (Å²) < 4.78 is 12.9. The van der Waals surface area contributed by atoms with Gasteiger partial charge in [-0.3, -0.25) is 0 Å². The number of benzene rings is 1. The quantitative estimate of drug-likeness (QED) is 0.874. The van der Waals surface area contributed by atoms with Gasteiger partial charge in [0.15, 0.2) is 0 Å². The zero-order valence-corrected chi connectivity index (χ0v) is 10.6. The minimum atomic E-state index is -0.912. The van der Waals surface area contributed by atoms with E-state index in [1.807, 2.05) is 0 Å². The van der Waals surface area contributed by atoms with Crippen molar-refractivity contribution in [1.82, 2.24) is 4.90 Å². The van der Waals surface area contributed by atoms with E-state index in [0.717, 1.165) is 26.1 Å². The van der Waals surface area contributed by atoms with Crippen LogP contribution in [0.2, 0.25) is 0 Å². The Labute approximate surface area is 111 Å². The number of hydrogen-bond donors (Lipinski definition) is 2. The maximum absolute atomic E-state index is 12.9. The summed E-state index contributed by atoms with van der Waals surface area (Å²) in [5.74, 6) is -1.00. The van der Waals surface area contributed by atoms with Gasteiger partial charge < -0.3 is 15.3 Å². The third-order valence-electron chi connectivity index (χ3n) is 4.38. The van der Waals surface area contributed by atoms with Crippen molar-refractivity contribution in [3.8, 4) is 0 Å². The molecule has 5 heteroatoms. The van der Waals surface area contributed by atoms with Crippen LogP contribution in [0.1, 0.15) is 12.8 Å². The van der Waals surface area contributed by atoms with Gasteiger partial charge in [0.2, 0.25) is 0 Å². The topological polar surface area (TPSA) is 52.6 Å². The van der Waals surface area contributed by atoms with Crippen LogP contribution in [0.25, 0.3) is 0 Å². The molecule has 0 aromatic heterocycles. The highest BCUT2D eigenvalue weighted by molar-refractivity contribution is 5.83. The number of rotatable bonds is 3. The lowest BCUT2D eigenvalue weighted by Crippen LogP contribution is -2.57. The first-order valence-electron chi connectivity index (χ1n) is 6.60. The molecule has 0 amide bonds. The molecule has 1 aromatic carbocycles. The summed E-state index contributed by atoms with van der Waals surface area (Å²) >= 11 is 0. The van der Waals surface area contributed by atoms with Crippen LogP contribution in [0.5, 0.6) is 0 Å². The van der Waals surface area contributed by atoms with E-state index in [4.69, 9.17) is 0 Å². The van der Waals surface area contributed by atoms with Crippen molar-refractivity contribution in [2.75, 3.05) is 25.0 Å². The lowest BCUT2D eigenvalue weighted by molar-refractivity contribution is -0.145. The highest BCUT2D eigenvalue weighted by atomic mass is 19.1.